The first-order valence-electron chi connectivity index (χ1n) is 13.6. The molecular formula is C35H35NO4. The average molecular weight is 534 g/mol. The Hall–Kier alpha value is -4.38. The first-order valence-corrected chi connectivity index (χ1v) is 13.6. The van der Waals surface area contributed by atoms with Crippen LogP contribution in [0.4, 0.5) is 5.69 Å². The summed E-state index contributed by atoms with van der Waals surface area (Å²) in [4.78, 5) is 29.7. The second-order valence-electron chi connectivity index (χ2n) is 11.2. The highest BCUT2D eigenvalue weighted by atomic mass is 16.6. The maximum absolute atomic E-state index is 14.3. The molecule has 0 N–H and O–H groups in total. The maximum Gasteiger partial charge on any atom is 0.330 e. The van der Waals surface area contributed by atoms with Crippen molar-refractivity contribution in [2.24, 2.45) is 5.92 Å². The number of esters is 2. The maximum atomic E-state index is 14.3. The Labute approximate surface area is 236 Å². The summed E-state index contributed by atoms with van der Waals surface area (Å²) in [5.41, 5.74) is 4.24. The van der Waals surface area contributed by atoms with Crippen molar-refractivity contribution in [3.8, 4) is 11.1 Å². The van der Waals surface area contributed by atoms with Gasteiger partial charge in [-0.3, -0.25) is 4.79 Å². The van der Waals surface area contributed by atoms with Crippen molar-refractivity contribution < 1.29 is 19.1 Å². The summed E-state index contributed by atoms with van der Waals surface area (Å²) < 4.78 is 11.3. The molecule has 0 bridgehead atoms. The number of methoxy groups -OCH3 is 1. The highest BCUT2D eigenvalue weighted by Gasteiger charge is 2.55. The van der Waals surface area contributed by atoms with Gasteiger partial charge in [0.1, 0.15) is 17.2 Å². The smallest absolute Gasteiger partial charge is 0.330 e. The van der Waals surface area contributed by atoms with Crippen LogP contribution in [0, 0.1) is 5.92 Å². The highest BCUT2D eigenvalue weighted by molar-refractivity contribution is 5.92. The van der Waals surface area contributed by atoms with E-state index in [1.165, 1.54) is 7.11 Å². The van der Waals surface area contributed by atoms with Crippen molar-refractivity contribution in [1.29, 1.82) is 0 Å². The fourth-order valence-electron chi connectivity index (χ4n) is 5.96. The van der Waals surface area contributed by atoms with Crippen LogP contribution < -0.4 is 4.90 Å². The number of nitrogens with zero attached hydrogens (tertiary/aromatic N) is 1. The molecule has 4 aromatic carbocycles. The summed E-state index contributed by atoms with van der Waals surface area (Å²) in [6.07, 6.45) is 0. The number of para-hydroxylation sites is 1. The van der Waals surface area contributed by atoms with Crippen LogP contribution in [-0.4, -0.2) is 30.7 Å². The van der Waals surface area contributed by atoms with Crippen molar-refractivity contribution in [2.45, 2.75) is 44.9 Å². The molecule has 5 rings (SSSR count). The molecule has 0 amide bonds. The second kappa shape index (κ2) is 10.6. The molecule has 1 aliphatic rings. The van der Waals surface area contributed by atoms with Gasteiger partial charge in [0.25, 0.3) is 0 Å². The van der Waals surface area contributed by atoms with Gasteiger partial charge in [-0.05, 0) is 67.6 Å². The van der Waals surface area contributed by atoms with Crippen LogP contribution in [0.25, 0.3) is 11.1 Å². The van der Waals surface area contributed by atoms with E-state index in [0.29, 0.717) is 0 Å². The second-order valence-corrected chi connectivity index (χ2v) is 11.2. The number of rotatable bonds is 7. The lowest BCUT2D eigenvalue weighted by Crippen LogP contribution is -2.59. The molecule has 0 saturated heterocycles. The van der Waals surface area contributed by atoms with Crippen LogP contribution in [0.15, 0.2) is 109 Å². The van der Waals surface area contributed by atoms with E-state index >= 15 is 0 Å². The number of anilines is 1. The van der Waals surface area contributed by atoms with Gasteiger partial charge in [-0.15, -0.1) is 0 Å². The van der Waals surface area contributed by atoms with E-state index in [9.17, 15) is 9.59 Å². The van der Waals surface area contributed by atoms with Gasteiger partial charge in [0, 0.05) is 5.69 Å². The predicted molar refractivity (Wildman–Crippen MR) is 158 cm³/mol. The summed E-state index contributed by atoms with van der Waals surface area (Å²) in [5.74, 6) is -1.83. The zero-order valence-corrected chi connectivity index (χ0v) is 23.6. The molecule has 5 nitrogen and oxygen atoms in total. The monoisotopic (exact) mass is 533 g/mol. The van der Waals surface area contributed by atoms with Crippen LogP contribution in [-0.2, 0) is 24.6 Å². The van der Waals surface area contributed by atoms with Crippen molar-refractivity contribution in [3.05, 3.63) is 126 Å². The highest BCUT2D eigenvalue weighted by Crippen LogP contribution is 2.56. The van der Waals surface area contributed by atoms with Crippen LogP contribution >= 0.6 is 0 Å². The third-order valence-electron chi connectivity index (χ3n) is 7.48. The molecule has 0 fully saturated rings. The minimum Gasteiger partial charge on any atom is -0.469 e. The Balaban J connectivity index is 1.93. The largest absolute Gasteiger partial charge is 0.469 e. The van der Waals surface area contributed by atoms with E-state index in [1.807, 2.05) is 93.6 Å². The van der Waals surface area contributed by atoms with Gasteiger partial charge < -0.3 is 14.4 Å². The first kappa shape index (κ1) is 27.2. The standard InChI is InChI=1S/C35H35NO4/c1-24(32(37)39-5)31(33(38)40-34(2,3)4)36(26-18-10-7-11-19-26)35(25-16-8-6-9-17-25)29-22-14-12-20-27(29)28-21-13-15-23-30(28)35/h6-24,31H,1-5H3/t24-,31+/m1/s1. The zero-order valence-electron chi connectivity index (χ0n) is 23.6. The van der Waals surface area contributed by atoms with Gasteiger partial charge in [-0.1, -0.05) is 97.1 Å². The summed E-state index contributed by atoms with van der Waals surface area (Å²) in [7, 11) is 1.35. The summed E-state index contributed by atoms with van der Waals surface area (Å²) in [6.45, 7) is 7.25. The van der Waals surface area contributed by atoms with Crippen molar-refractivity contribution >= 4 is 17.6 Å². The number of hydrogen-bond acceptors (Lipinski definition) is 5. The molecule has 1 aliphatic carbocycles. The van der Waals surface area contributed by atoms with Crippen LogP contribution in [0.3, 0.4) is 0 Å². The third-order valence-corrected chi connectivity index (χ3v) is 7.48. The first-order chi connectivity index (χ1) is 19.2. The molecule has 0 radical (unpaired) electrons. The number of ether oxygens (including phenoxy) is 2. The number of benzene rings is 4. The number of hydrogen-bond donors (Lipinski definition) is 0. The SMILES string of the molecule is COC(=O)[C@H](C)[C@@H](C(=O)OC(C)(C)C)N(c1ccccc1)C1(c2ccccc2)c2ccccc2-c2ccccc21. The molecule has 40 heavy (non-hydrogen) atoms. The fraction of sp³-hybridized carbons (Fsp3) is 0.257. The average Bonchev–Trinajstić information content (AvgIpc) is 3.26. The van der Waals surface area contributed by atoms with E-state index in [0.717, 1.165) is 33.5 Å². The summed E-state index contributed by atoms with van der Waals surface area (Å²) in [6, 6.07) is 35.6. The Morgan fingerprint density at radius 3 is 1.68 bits per heavy atom. The van der Waals surface area contributed by atoms with Crippen molar-refractivity contribution in [3.63, 3.8) is 0 Å². The topological polar surface area (TPSA) is 55.8 Å². The van der Waals surface area contributed by atoms with Gasteiger partial charge in [0.15, 0.2) is 0 Å². The van der Waals surface area contributed by atoms with Crippen LogP contribution in [0.2, 0.25) is 0 Å². The molecule has 2 atom stereocenters. The lowest BCUT2D eigenvalue weighted by Gasteiger charge is -2.49. The molecule has 5 heteroatoms. The molecule has 0 unspecified atom stereocenters. The lowest BCUT2D eigenvalue weighted by molar-refractivity contribution is -0.162. The quantitative estimate of drug-likeness (QED) is 0.240. The number of carbonyl (C=O) groups excluding carboxylic acids is 2. The third kappa shape index (κ3) is 4.56. The Morgan fingerprint density at radius 1 is 0.700 bits per heavy atom. The minimum atomic E-state index is -1.02. The molecule has 0 heterocycles. The van der Waals surface area contributed by atoms with E-state index in [4.69, 9.17) is 9.47 Å². The summed E-state index contributed by atoms with van der Waals surface area (Å²) >= 11 is 0. The normalized spacial score (nSPS) is 14.8. The van der Waals surface area contributed by atoms with E-state index in [-0.39, 0.29) is 0 Å². The van der Waals surface area contributed by atoms with E-state index < -0.39 is 35.0 Å². The Morgan fingerprint density at radius 2 is 1.18 bits per heavy atom. The number of carbonyl (C=O) groups is 2. The Bertz CT molecular complexity index is 1460. The molecule has 4 aromatic rings. The van der Waals surface area contributed by atoms with E-state index in [1.54, 1.807) is 6.92 Å². The fourth-order valence-corrected chi connectivity index (χ4v) is 5.96. The number of fused-ring (bicyclic) bond motifs is 3. The molecule has 0 spiro atoms. The van der Waals surface area contributed by atoms with Gasteiger partial charge >= 0.3 is 11.9 Å². The van der Waals surface area contributed by atoms with Gasteiger partial charge in [0.2, 0.25) is 0 Å². The lowest BCUT2D eigenvalue weighted by atomic mass is 9.76. The van der Waals surface area contributed by atoms with Gasteiger partial charge in [0.05, 0.1) is 13.0 Å². The molecule has 0 aromatic heterocycles. The van der Waals surface area contributed by atoms with E-state index in [2.05, 4.69) is 41.3 Å². The Kier molecular flexibility index (Phi) is 7.24. The summed E-state index contributed by atoms with van der Waals surface area (Å²) in [5, 5.41) is 0. The molecule has 0 saturated carbocycles. The molecular weight excluding hydrogens is 498 g/mol. The van der Waals surface area contributed by atoms with Crippen molar-refractivity contribution in [1.82, 2.24) is 0 Å². The minimum absolute atomic E-state index is 0.487. The van der Waals surface area contributed by atoms with Gasteiger partial charge in [-0.25, -0.2) is 4.79 Å². The van der Waals surface area contributed by atoms with Crippen LogP contribution in [0.1, 0.15) is 44.4 Å². The predicted octanol–water partition coefficient (Wildman–Crippen LogP) is 6.98. The van der Waals surface area contributed by atoms with Gasteiger partial charge in [-0.2, -0.15) is 0 Å². The molecule has 0 aliphatic heterocycles. The molecule has 204 valence electrons. The zero-order chi connectivity index (χ0) is 28.5. The van der Waals surface area contributed by atoms with Crippen LogP contribution in [0.5, 0.6) is 0 Å². The van der Waals surface area contributed by atoms with Crippen molar-refractivity contribution in [2.75, 3.05) is 12.0 Å².